The van der Waals surface area contributed by atoms with Gasteiger partial charge in [0.25, 0.3) is 0 Å². The molecular weight excluding hydrogens is 260 g/mol. The number of aromatic nitrogens is 5. The lowest BCUT2D eigenvalue weighted by molar-refractivity contribution is 0.635. The molecule has 0 aliphatic rings. The fourth-order valence-electron chi connectivity index (χ4n) is 1.08. The second kappa shape index (κ2) is 4.83. The van der Waals surface area contributed by atoms with Crippen LogP contribution < -0.4 is 5.32 Å². The summed E-state index contributed by atoms with van der Waals surface area (Å²) in [7, 11) is 0. The summed E-state index contributed by atoms with van der Waals surface area (Å²) in [4.78, 5) is 11.8. The molecule has 2 aromatic heterocycles. The van der Waals surface area contributed by atoms with Crippen molar-refractivity contribution in [2.24, 2.45) is 0 Å². The minimum atomic E-state index is 0.743. The number of halogens is 1. The van der Waals surface area contributed by atoms with E-state index in [4.69, 9.17) is 0 Å². The lowest BCUT2D eigenvalue weighted by Crippen LogP contribution is -2.11. The Hall–Kier alpha value is -1.50. The van der Waals surface area contributed by atoms with Gasteiger partial charge in [-0.3, -0.25) is 4.68 Å². The number of nitrogens with zero attached hydrogens (tertiary/aromatic N) is 5. The van der Waals surface area contributed by atoms with Crippen LogP contribution in [0.4, 0.5) is 5.82 Å². The largest absolute Gasteiger partial charge is 0.368 e. The maximum Gasteiger partial charge on any atom is 0.137 e. The lowest BCUT2D eigenvalue weighted by Gasteiger charge is -2.04. The fourth-order valence-corrected chi connectivity index (χ4v) is 1.39. The predicted octanol–water partition coefficient (Wildman–Crippen LogP) is 0.943. The molecule has 2 rings (SSSR count). The van der Waals surface area contributed by atoms with Gasteiger partial charge in [-0.25, -0.2) is 15.0 Å². The first-order valence-electron chi connectivity index (χ1n) is 4.38. The third-order valence-corrected chi connectivity index (χ3v) is 2.18. The summed E-state index contributed by atoms with van der Waals surface area (Å²) in [5.74, 6) is 0.789. The van der Waals surface area contributed by atoms with Crippen LogP contribution in [0.5, 0.6) is 0 Å². The Labute approximate surface area is 94.9 Å². The van der Waals surface area contributed by atoms with Gasteiger partial charge in [0.15, 0.2) is 0 Å². The molecule has 0 unspecified atom stereocenters. The molecule has 0 aromatic carbocycles. The molecule has 0 amide bonds. The van der Waals surface area contributed by atoms with Gasteiger partial charge in [-0.2, -0.15) is 5.10 Å². The molecule has 2 heterocycles. The zero-order chi connectivity index (χ0) is 10.5. The Morgan fingerprint density at radius 3 is 3.00 bits per heavy atom. The van der Waals surface area contributed by atoms with E-state index in [1.807, 2.05) is 6.07 Å². The number of anilines is 1. The van der Waals surface area contributed by atoms with Gasteiger partial charge in [0.05, 0.1) is 6.54 Å². The quantitative estimate of drug-likeness (QED) is 0.837. The summed E-state index contributed by atoms with van der Waals surface area (Å²) in [5, 5.41) is 7.14. The van der Waals surface area contributed by atoms with Crippen LogP contribution in [-0.2, 0) is 6.54 Å². The molecule has 15 heavy (non-hydrogen) atoms. The summed E-state index contributed by atoms with van der Waals surface area (Å²) >= 11 is 3.27. The molecule has 2 aromatic rings. The van der Waals surface area contributed by atoms with E-state index in [0.717, 1.165) is 23.5 Å². The molecule has 0 spiro atoms. The topological polar surface area (TPSA) is 68.5 Å². The van der Waals surface area contributed by atoms with Gasteiger partial charge in [0, 0.05) is 12.6 Å². The van der Waals surface area contributed by atoms with Crippen LogP contribution in [0.3, 0.4) is 0 Å². The van der Waals surface area contributed by atoms with Crippen molar-refractivity contribution in [3.8, 4) is 0 Å². The summed E-state index contributed by atoms with van der Waals surface area (Å²) in [6.45, 7) is 1.49. The van der Waals surface area contributed by atoms with E-state index in [1.54, 1.807) is 11.0 Å². The molecule has 0 bridgehead atoms. The van der Waals surface area contributed by atoms with Crippen LogP contribution in [0.1, 0.15) is 0 Å². The van der Waals surface area contributed by atoms with Crippen LogP contribution in [0, 0.1) is 0 Å². The Morgan fingerprint density at radius 2 is 2.27 bits per heavy atom. The maximum atomic E-state index is 4.06. The normalized spacial score (nSPS) is 10.2. The molecule has 0 radical (unpaired) electrons. The Bertz CT molecular complexity index is 415. The van der Waals surface area contributed by atoms with Gasteiger partial charge in [-0.15, -0.1) is 0 Å². The Kier molecular flexibility index (Phi) is 3.23. The van der Waals surface area contributed by atoms with Crippen LogP contribution in [0.2, 0.25) is 0 Å². The van der Waals surface area contributed by atoms with Gasteiger partial charge < -0.3 is 5.32 Å². The van der Waals surface area contributed by atoms with Crippen LogP contribution in [-0.4, -0.2) is 31.3 Å². The van der Waals surface area contributed by atoms with Crippen molar-refractivity contribution in [2.45, 2.75) is 6.54 Å². The zero-order valence-electron chi connectivity index (χ0n) is 7.84. The third-order valence-electron chi connectivity index (χ3n) is 1.75. The molecule has 0 saturated carbocycles. The molecule has 0 saturated heterocycles. The second-order valence-corrected chi connectivity index (χ2v) is 3.62. The molecule has 0 aliphatic heterocycles. The molecule has 1 N–H and O–H groups in total. The van der Waals surface area contributed by atoms with E-state index in [2.05, 4.69) is 41.3 Å². The predicted molar refractivity (Wildman–Crippen MR) is 58.2 cm³/mol. The average Bonchev–Trinajstić information content (AvgIpc) is 2.71. The van der Waals surface area contributed by atoms with E-state index in [9.17, 15) is 0 Å². The van der Waals surface area contributed by atoms with Gasteiger partial charge >= 0.3 is 0 Å². The first-order valence-corrected chi connectivity index (χ1v) is 5.18. The van der Waals surface area contributed by atoms with E-state index >= 15 is 0 Å². The van der Waals surface area contributed by atoms with Gasteiger partial charge in [-0.1, -0.05) is 0 Å². The van der Waals surface area contributed by atoms with Crippen molar-refractivity contribution in [3.63, 3.8) is 0 Å². The van der Waals surface area contributed by atoms with Crippen LogP contribution in [0.25, 0.3) is 0 Å². The van der Waals surface area contributed by atoms with Gasteiger partial charge in [-0.05, 0) is 15.9 Å². The van der Waals surface area contributed by atoms with Crippen molar-refractivity contribution in [1.82, 2.24) is 24.7 Å². The third kappa shape index (κ3) is 2.98. The SMILES string of the molecule is Brc1cc(NCCn2cncn2)ncn1. The number of nitrogens with one attached hydrogen (secondary N) is 1. The standard InChI is InChI=1S/C8H9BrN6/c9-7-3-8(13-5-12-7)11-1-2-15-6-10-4-14-15/h3-6H,1-2H2,(H,11,12,13). The fraction of sp³-hybridized carbons (Fsp3) is 0.250. The van der Waals surface area contributed by atoms with E-state index in [-0.39, 0.29) is 0 Å². The minimum absolute atomic E-state index is 0.743. The first-order chi connectivity index (χ1) is 7.34. The highest BCUT2D eigenvalue weighted by molar-refractivity contribution is 9.10. The average molecular weight is 269 g/mol. The monoisotopic (exact) mass is 268 g/mol. The molecular formula is C8H9BrN6. The Morgan fingerprint density at radius 1 is 1.33 bits per heavy atom. The molecule has 78 valence electrons. The number of hydrogen-bond acceptors (Lipinski definition) is 5. The van der Waals surface area contributed by atoms with Crippen molar-refractivity contribution >= 4 is 21.7 Å². The van der Waals surface area contributed by atoms with Gasteiger partial charge in [0.1, 0.15) is 29.4 Å². The molecule has 7 heteroatoms. The molecule has 0 atom stereocenters. The summed E-state index contributed by atoms with van der Waals surface area (Å²) in [6.07, 6.45) is 4.70. The summed E-state index contributed by atoms with van der Waals surface area (Å²) < 4.78 is 2.52. The van der Waals surface area contributed by atoms with Crippen molar-refractivity contribution in [2.75, 3.05) is 11.9 Å². The summed E-state index contributed by atoms with van der Waals surface area (Å²) in [6, 6.07) is 1.82. The highest BCUT2D eigenvalue weighted by Gasteiger charge is 1.95. The maximum absolute atomic E-state index is 4.06. The first kappa shape index (κ1) is 10.0. The second-order valence-electron chi connectivity index (χ2n) is 2.81. The number of hydrogen-bond donors (Lipinski definition) is 1. The van der Waals surface area contributed by atoms with Crippen molar-refractivity contribution in [1.29, 1.82) is 0 Å². The Balaban J connectivity index is 1.83. The highest BCUT2D eigenvalue weighted by Crippen LogP contribution is 2.08. The smallest absolute Gasteiger partial charge is 0.137 e. The van der Waals surface area contributed by atoms with Crippen molar-refractivity contribution in [3.05, 3.63) is 29.7 Å². The van der Waals surface area contributed by atoms with E-state index < -0.39 is 0 Å². The van der Waals surface area contributed by atoms with Gasteiger partial charge in [0.2, 0.25) is 0 Å². The minimum Gasteiger partial charge on any atom is -0.368 e. The van der Waals surface area contributed by atoms with E-state index in [1.165, 1.54) is 12.7 Å². The highest BCUT2D eigenvalue weighted by atomic mass is 79.9. The van der Waals surface area contributed by atoms with Crippen LogP contribution in [0.15, 0.2) is 29.7 Å². The van der Waals surface area contributed by atoms with E-state index in [0.29, 0.717) is 0 Å². The molecule has 6 nitrogen and oxygen atoms in total. The molecule has 0 aliphatic carbocycles. The lowest BCUT2D eigenvalue weighted by atomic mass is 10.5. The zero-order valence-corrected chi connectivity index (χ0v) is 9.42. The van der Waals surface area contributed by atoms with Crippen molar-refractivity contribution < 1.29 is 0 Å². The van der Waals surface area contributed by atoms with Crippen LogP contribution >= 0.6 is 15.9 Å². The molecule has 0 fully saturated rings. The number of rotatable bonds is 4. The summed E-state index contributed by atoms with van der Waals surface area (Å²) in [5.41, 5.74) is 0.